The van der Waals surface area contributed by atoms with E-state index in [1.165, 1.54) is 0 Å². The van der Waals surface area contributed by atoms with Gasteiger partial charge in [0.1, 0.15) is 5.75 Å². The molecule has 0 aliphatic rings. The summed E-state index contributed by atoms with van der Waals surface area (Å²) in [5, 5.41) is 10.2. The molecular weight excluding hydrogens is 238 g/mol. The Morgan fingerprint density at radius 1 is 1.21 bits per heavy atom. The van der Waals surface area contributed by atoms with E-state index in [0.717, 1.165) is 42.9 Å². The molecule has 3 heteroatoms. The average Bonchev–Trinajstić information content (AvgIpc) is 2.42. The molecule has 0 spiro atoms. The molecule has 1 rings (SSSR count). The van der Waals surface area contributed by atoms with Crippen molar-refractivity contribution in [1.29, 1.82) is 0 Å². The van der Waals surface area contributed by atoms with E-state index in [0.29, 0.717) is 6.61 Å². The quantitative estimate of drug-likeness (QED) is 0.783. The van der Waals surface area contributed by atoms with Gasteiger partial charge in [0.15, 0.2) is 0 Å². The lowest BCUT2D eigenvalue weighted by molar-refractivity contribution is 0.145. The number of nitrogens with zero attached hydrogens (tertiary/aromatic N) is 1. The molecule has 0 bridgehead atoms. The topological polar surface area (TPSA) is 32.7 Å². The third kappa shape index (κ3) is 4.84. The fourth-order valence-electron chi connectivity index (χ4n) is 2.21. The van der Waals surface area contributed by atoms with Crippen LogP contribution in [0.2, 0.25) is 0 Å². The Kier molecular flexibility index (Phi) is 6.89. The van der Waals surface area contributed by atoms with Crippen LogP contribution in [0, 0.1) is 6.92 Å². The number of hydrogen-bond acceptors (Lipinski definition) is 3. The molecule has 1 atom stereocenters. The zero-order valence-corrected chi connectivity index (χ0v) is 12.6. The molecule has 0 fully saturated rings. The molecule has 0 heterocycles. The summed E-state index contributed by atoms with van der Waals surface area (Å²) in [6.07, 6.45) is 0.379. The van der Waals surface area contributed by atoms with E-state index in [1.54, 1.807) is 0 Å². The highest BCUT2D eigenvalue weighted by molar-refractivity contribution is 5.37. The van der Waals surface area contributed by atoms with Gasteiger partial charge in [-0.25, -0.2) is 0 Å². The lowest BCUT2D eigenvalue weighted by Crippen LogP contribution is -2.25. The van der Waals surface area contributed by atoms with E-state index in [-0.39, 0.29) is 0 Å². The first kappa shape index (κ1) is 16.0. The van der Waals surface area contributed by atoms with Crippen molar-refractivity contribution < 1.29 is 9.84 Å². The van der Waals surface area contributed by atoms with Crippen molar-refractivity contribution in [2.45, 2.75) is 40.2 Å². The first-order chi connectivity index (χ1) is 9.12. The number of hydrogen-bond donors (Lipinski definition) is 1. The molecule has 0 aliphatic heterocycles. The zero-order valence-electron chi connectivity index (χ0n) is 12.6. The second-order valence-electron chi connectivity index (χ2n) is 4.79. The molecule has 1 aromatic carbocycles. The third-order valence-corrected chi connectivity index (χ3v) is 3.50. The Balaban J connectivity index is 2.61. The molecule has 0 aliphatic carbocycles. The molecule has 19 heavy (non-hydrogen) atoms. The highest BCUT2D eigenvalue weighted by Gasteiger charge is 2.11. The largest absolute Gasteiger partial charge is 0.494 e. The van der Waals surface area contributed by atoms with Crippen LogP contribution in [0.1, 0.15) is 44.4 Å². The van der Waals surface area contributed by atoms with Crippen LogP contribution in [0.15, 0.2) is 18.2 Å². The summed E-state index contributed by atoms with van der Waals surface area (Å²) in [5.41, 5.74) is 2.06. The molecule has 0 radical (unpaired) electrons. The molecule has 1 unspecified atom stereocenters. The van der Waals surface area contributed by atoms with Crippen LogP contribution in [-0.2, 0) is 0 Å². The van der Waals surface area contributed by atoms with Gasteiger partial charge in [-0.1, -0.05) is 19.9 Å². The summed E-state index contributed by atoms with van der Waals surface area (Å²) < 4.78 is 5.51. The van der Waals surface area contributed by atoms with Gasteiger partial charge < -0.3 is 14.7 Å². The number of aliphatic hydroxyl groups is 1. The van der Waals surface area contributed by atoms with Crippen LogP contribution in [0.25, 0.3) is 0 Å². The average molecular weight is 265 g/mol. The van der Waals surface area contributed by atoms with E-state index in [1.807, 2.05) is 32.0 Å². The molecule has 108 valence electrons. The molecule has 1 N–H and O–H groups in total. The van der Waals surface area contributed by atoms with Crippen LogP contribution in [0.4, 0.5) is 0 Å². The molecule has 0 saturated heterocycles. The number of benzene rings is 1. The maximum Gasteiger partial charge on any atom is 0.122 e. The summed E-state index contributed by atoms with van der Waals surface area (Å²) in [6.45, 7) is 12.0. The fraction of sp³-hybridized carbons (Fsp3) is 0.625. The monoisotopic (exact) mass is 265 g/mol. The van der Waals surface area contributed by atoms with Crippen LogP contribution in [0.3, 0.4) is 0 Å². The van der Waals surface area contributed by atoms with E-state index >= 15 is 0 Å². The standard InChI is InChI=1S/C16H27NO2/c1-5-17(6-2)11-10-15(18)14-8-9-16(19-7-3)13(4)12-14/h8-9,12,15,18H,5-7,10-11H2,1-4H3. The maximum absolute atomic E-state index is 10.2. The minimum absolute atomic E-state index is 0.394. The minimum Gasteiger partial charge on any atom is -0.494 e. The van der Waals surface area contributed by atoms with Gasteiger partial charge in [0.2, 0.25) is 0 Å². The van der Waals surface area contributed by atoms with Gasteiger partial charge in [-0.3, -0.25) is 0 Å². The summed E-state index contributed by atoms with van der Waals surface area (Å²) in [7, 11) is 0. The van der Waals surface area contributed by atoms with Crippen LogP contribution >= 0.6 is 0 Å². The van der Waals surface area contributed by atoms with Crippen LogP contribution in [0.5, 0.6) is 5.75 Å². The van der Waals surface area contributed by atoms with Crippen molar-refractivity contribution in [2.75, 3.05) is 26.2 Å². The predicted octanol–water partition coefficient (Wildman–Crippen LogP) is 3.16. The highest BCUT2D eigenvalue weighted by atomic mass is 16.5. The first-order valence-corrected chi connectivity index (χ1v) is 7.26. The Morgan fingerprint density at radius 2 is 1.89 bits per heavy atom. The molecule has 3 nitrogen and oxygen atoms in total. The molecule has 0 aromatic heterocycles. The van der Waals surface area contributed by atoms with E-state index in [2.05, 4.69) is 18.7 Å². The predicted molar refractivity (Wildman–Crippen MR) is 79.7 cm³/mol. The maximum atomic E-state index is 10.2. The molecule has 1 aromatic rings. The van der Waals surface area contributed by atoms with E-state index in [4.69, 9.17) is 4.74 Å². The molecular formula is C16H27NO2. The smallest absolute Gasteiger partial charge is 0.122 e. The first-order valence-electron chi connectivity index (χ1n) is 7.26. The van der Waals surface area contributed by atoms with Gasteiger partial charge in [-0.05, 0) is 56.6 Å². The summed E-state index contributed by atoms with van der Waals surface area (Å²) in [5.74, 6) is 0.905. The highest BCUT2D eigenvalue weighted by Crippen LogP contribution is 2.24. The van der Waals surface area contributed by atoms with Gasteiger partial charge in [-0.15, -0.1) is 0 Å². The normalized spacial score (nSPS) is 12.7. The van der Waals surface area contributed by atoms with Crippen molar-refractivity contribution in [3.63, 3.8) is 0 Å². The molecule has 0 saturated carbocycles. The van der Waals surface area contributed by atoms with E-state index in [9.17, 15) is 5.11 Å². The van der Waals surface area contributed by atoms with Crippen LogP contribution in [-0.4, -0.2) is 36.2 Å². The van der Waals surface area contributed by atoms with E-state index < -0.39 is 6.10 Å². The Hall–Kier alpha value is -1.06. The molecule has 0 amide bonds. The summed E-state index contributed by atoms with van der Waals surface area (Å²) >= 11 is 0. The summed E-state index contributed by atoms with van der Waals surface area (Å²) in [4.78, 5) is 2.32. The Labute approximate surface area is 117 Å². The lowest BCUT2D eigenvalue weighted by atomic mass is 10.0. The SMILES string of the molecule is CCOc1ccc(C(O)CCN(CC)CC)cc1C. The van der Waals surface area contributed by atoms with Gasteiger partial charge in [-0.2, -0.15) is 0 Å². The number of aryl methyl sites for hydroxylation is 1. The van der Waals surface area contributed by atoms with Crippen molar-refractivity contribution in [1.82, 2.24) is 4.90 Å². The van der Waals surface area contributed by atoms with Gasteiger partial charge in [0.05, 0.1) is 12.7 Å². The Morgan fingerprint density at radius 3 is 2.42 bits per heavy atom. The lowest BCUT2D eigenvalue weighted by Gasteiger charge is -2.20. The van der Waals surface area contributed by atoms with Crippen molar-refractivity contribution in [2.24, 2.45) is 0 Å². The summed E-state index contributed by atoms with van der Waals surface area (Å²) in [6, 6.07) is 5.94. The third-order valence-electron chi connectivity index (χ3n) is 3.50. The minimum atomic E-state index is -0.394. The number of rotatable bonds is 8. The second kappa shape index (κ2) is 8.18. The second-order valence-corrected chi connectivity index (χ2v) is 4.79. The zero-order chi connectivity index (χ0) is 14.3. The van der Waals surface area contributed by atoms with Gasteiger partial charge >= 0.3 is 0 Å². The van der Waals surface area contributed by atoms with Crippen molar-refractivity contribution >= 4 is 0 Å². The van der Waals surface area contributed by atoms with Gasteiger partial charge in [0, 0.05) is 6.54 Å². The van der Waals surface area contributed by atoms with Crippen molar-refractivity contribution in [3.8, 4) is 5.75 Å². The fourth-order valence-corrected chi connectivity index (χ4v) is 2.21. The van der Waals surface area contributed by atoms with Crippen molar-refractivity contribution in [3.05, 3.63) is 29.3 Å². The number of ether oxygens (including phenoxy) is 1. The number of aliphatic hydroxyl groups excluding tert-OH is 1. The Bertz CT molecular complexity index is 375. The van der Waals surface area contributed by atoms with Crippen LogP contribution < -0.4 is 4.74 Å². The van der Waals surface area contributed by atoms with Gasteiger partial charge in [0.25, 0.3) is 0 Å².